The molecule has 18 heavy (non-hydrogen) atoms. The van der Waals surface area contributed by atoms with Crippen LogP contribution in [0.1, 0.15) is 18.4 Å². The summed E-state index contributed by atoms with van der Waals surface area (Å²) in [4.78, 5) is 0. The Kier molecular flexibility index (Phi) is 3.31. The van der Waals surface area contributed by atoms with Gasteiger partial charge < -0.3 is 9.88 Å². The summed E-state index contributed by atoms with van der Waals surface area (Å²) in [5, 5.41) is 5.52. The van der Waals surface area contributed by atoms with Gasteiger partial charge in [-0.15, -0.1) is 0 Å². The molecule has 1 aliphatic rings. The molecule has 3 heteroatoms. The van der Waals surface area contributed by atoms with Gasteiger partial charge in [-0.2, -0.15) is 0 Å². The van der Waals surface area contributed by atoms with E-state index < -0.39 is 0 Å². The predicted molar refractivity (Wildman–Crippen MR) is 77.2 cm³/mol. The van der Waals surface area contributed by atoms with Crippen molar-refractivity contribution in [3.63, 3.8) is 0 Å². The van der Waals surface area contributed by atoms with Crippen LogP contribution in [-0.4, -0.2) is 17.7 Å². The van der Waals surface area contributed by atoms with Gasteiger partial charge in [0.1, 0.15) is 0 Å². The van der Waals surface area contributed by atoms with E-state index in [9.17, 15) is 0 Å². The third kappa shape index (κ3) is 2.27. The van der Waals surface area contributed by atoms with Crippen LogP contribution >= 0.6 is 11.6 Å². The highest BCUT2D eigenvalue weighted by Gasteiger charge is 2.14. The lowest BCUT2D eigenvalue weighted by Gasteiger charge is -2.22. The highest BCUT2D eigenvalue weighted by Crippen LogP contribution is 2.27. The first-order valence-electron chi connectivity index (χ1n) is 6.68. The molecule has 1 aliphatic heterocycles. The molecule has 1 atom stereocenters. The van der Waals surface area contributed by atoms with E-state index in [1.807, 2.05) is 13.2 Å². The van der Waals surface area contributed by atoms with Crippen LogP contribution < -0.4 is 5.32 Å². The number of piperidine rings is 1. The molecule has 3 rings (SSSR count). The Hall–Kier alpha value is -0.990. The normalized spacial score (nSPS) is 20.4. The maximum atomic E-state index is 6.26. The van der Waals surface area contributed by atoms with Crippen LogP contribution in [0.2, 0.25) is 5.02 Å². The van der Waals surface area contributed by atoms with Crippen LogP contribution in [-0.2, 0) is 13.5 Å². The van der Waals surface area contributed by atoms with Gasteiger partial charge in [0.2, 0.25) is 0 Å². The molecule has 1 N–H and O–H groups in total. The molecule has 2 heterocycles. The molecule has 0 radical (unpaired) electrons. The first-order chi connectivity index (χ1) is 8.74. The molecule has 1 unspecified atom stereocenters. The summed E-state index contributed by atoms with van der Waals surface area (Å²) in [6.07, 6.45) is 5.79. The second kappa shape index (κ2) is 4.94. The second-order valence-corrected chi connectivity index (χ2v) is 5.76. The summed E-state index contributed by atoms with van der Waals surface area (Å²) in [6, 6.07) is 6.69. The van der Waals surface area contributed by atoms with Crippen molar-refractivity contribution < 1.29 is 0 Å². The van der Waals surface area contributed by atoms with E-state index in [1.165, 1.54) is 35.9 Å². The highest BCUT2D eigenvalue weighted by atomic mass is 35.5. The lowest BCUT2D eigenvalue weighted by atomic mass is 9.92. The topological polar surface area (TPSA) is 17.0 Å². The Morgan fingerprint density at radius 3 is 3.11 bits per heavy atom. The third-order valence-electron chi connectivity index (χ3n) is 3.93. The minimum absolute atomic E-state index is 0.777. The standard InChI is InChI=1S/C15H19ClN2/c1-18-10-14(16)13-8-11(4-5-15(13)18)7-12-3-2-6-17-9-12/h4-5,8,10,12,17H,2-3,6-7,9H2,1H3. The SMILES string of the molecule is Cn1cc(Cl)c2cc(CC3CCCNC3)ccc21. The number of rotatable bonds is 2. The Bertz CT molecular complexity index is 553. The molecule has 0 bridgehead atoms. The number of hydrogen-bond acceptors (Lipinski definition) is 1. The number of aromatic nitrogens is 1. The fraction of sp³-hybridized carbons (Fsp3) is 0.467. The molecule has 0 saturated carbocycles. The monoisotopic (exact) mass is 262 g/mol. The van der Waals surface area contributed by atoms with Gasteiger partial charge in [0.15, 0.2) is 0 Å². The lowest BCUT2D eigenvalue weighted by Crippen LogP contribution is -2.30. The average Bonchev–Trinajstić information content (AvgIpc) is 2.66. The Labute approximate surface area is 113 Å². The molecular formula is C15H19ClN2. The maximum absolute atomic E-state index is 6.26. The highest BCUT2D eigenvalue weighted by molar-refractivity contribution is 6.35. The predicted octanol–water partition coefficient (Wildman–Crippen LogP) is 3.37. The van der Waals surface area contributed by atoms with Crippen LogP contribution in [0, 0.1) is 5.92 Å². The summed E-state index contributed by atoms with van der Waals surface area (Å²) in [7, 11) is 2.04. The molecular weight excluding hydrogens is 244 g/mol. The molecule has 0 spiro atoms. The zero-order valence-electron chi connectivity index (χ0n) is 10.7. The number of aryl methyl sites for hydroxylation is 1. The zero-order valence-corrected chi connectivity index (χ0v) is 11.5. The Morgan fingerprint density at radius 1 is 1.44 bits per heavy atom. The van der Waals surface area contributed by atoms with Gasteiger partial charge in [-0.05, 0) is 56.0 Å². The van der Waals surface area contributed by atoms with E-state index in [2.05, 4.69) is 28.1 Å². The zero-order chi connectivity index (χ0) is 12.5. The summed E-state index contributed by atoms with van der Waals surface area (Å²) in [5.41, 5.74) is 2.62. The van der Waals surface area contributed by atoms with Crippen LogP contribution in [0.4, 0.5) is 0 Å². The molecule has 2 nitrogen and oxygen atoms in total. The number of fused-ring (bicyclic) bond motifs is 1. The van der Waals surface area contributed by atoms with Crippen LogP contribution in [0.5, 0.6) is 0 Å². The van der Waals surface area contributed by atoms with Gasteiger partial charge in [-0.3, -0.25) is 0 Å². The maximum Gasteiger partial charge on any atom is 0.0661 e. The van der Waals surface area contributed by atoms with Crippen molar-refractivity contribution in [2.45, 2.75) is 19.3 Å². The van der Waals surface area contributed by atoms with Gasteiger partial charge >= 0.3 is 0 Å². The molecule has 0 amide bonds. The van der Waals surface area contributed by atoms with Gasteiger partial charge in [-0.25, -0.2) is 0 Å². The molecule has 1 fully saturated rings. The van der Waals surface area contributed by atoms with Crippen molar-refractivity contribution >= 4 is 22.5 Å². The third-order valence-corrected chi connectivity index (χ3v) is 4.23. The van der Waals surface area contributed by atoms with Crippen LogP contribution in [0.25, 0.3) is 10.9 Å². The van der Waals surface area contributed by atoms with E-state index >= 15 is 0 Å². The minimum atomic E-state index is 0.777. The second-order valence-electron chi connectivity index (χ2n) is 5.36. The first kappa shape index (κ1) is 12.1. The minimum Gasteiger partial charge on any atom is -0.349 e. The lowest BCUT2D eigenvalue weighted by molar-refractivity contribution is 0.376. The Balaban J connectivity index is 1.86. The number of nitrogens with zero attached hydrogens (tertiary/aromatic N) is 1. The van der Waals surface area contributed by atoms with Gasteiger partial charge in [-0.1, -0.05) is 17.7 Å². The molecule has 1 saturated heterocycles. The van der Waals surface area contributed by atoms with Crippen molar-refractivity contribution in [1.82, 2.24) is 9.88 Å². The van der Waals surface area contributed by atoms with Crippen LogP contribution in [0.15, 0.2) is 24.4 Å². The largest absolute Gasteiger partial charge is 0.349 e. The fourth-order valence-electron chi connectivity index (χ4n) is 2.95. The van der Waals surface area contributed by atoms with Crippen molar-refractivity contribution in [2.75, 3.05) is 13.1 Å². The van der Waals surface area contributed by atoms with E-state index in [4.69, 9.17) is 11.6 Å². The number of hydrogen-bond donors (Lipinski definition) is 1. The summed E-state index contributed by atoms with van der Waals surface area (Å²) in [5.74, 6) is 0.777. The molecule has 1 aromatic heterocycles. The summed E-state index contributed by atoms with van der Waals surface area (Å²) < 4.78 is 2.09. The van der Waals surface area contributed by atoms with Gasteiger partial charge in [0.25, 0.3) is 0 Å². The summed E-state index contributed by atoms with van der Waals surface area (Å²) in [6.45, 7) is 2.33. The van der Waals surface area contributed by atoms with Gasteiger partial charge in [0, 0.05) is 24.1 Å². The van der Waals surface area contributed by atoms with E-state index in [0.717, 1.165) is 23.9 Å². The van der Waals surface area contributed by atoms with E-state index in [-0.39, 0.29) is 0 Å². The fourth-order valence-corrected chi connectivity index (χ4v) is 3.25. The first-order valence-corrected chi connectivity index (χ1v) is 7.06. The number of halogens is 1. The number of nitrogens with one attached hydrogen (secondary N) is 1. The van der Waals surface area contributed by atoms with Crippen molar-refractivity contribution in [3.8, 4) is 0 Å². The summed E-state index contributed by atoms with van der Waals surface area (Å²) >= 11 is 6.26. The van der Waals surface area contributed by atoms with Crippen molar-refractivity contribution in [3.05, 3.63) is 35.0 Å². The number of benzene rings is 1. The van der Waals surface area contributed by atoms with Crippen molar-refractivity contribution in [2.24, 2.45) is 13.0 Å². The van der Waals surface area contributed by atoms with Gasteiger partial charge in [0.05, 0.1) is 5.02 Å². The quantitative estimate of drug-likeness (QED) is 0.878. The van der Waals surface area contributed by atoms with Crippen molar-refractivity contribution in [1.29, 1.82) is 0 Å². The van der Waals surface area contributed by atoms with Crippen LogP contribution in [0.3, 0.4) is 0 Å². The molecule has 1 aromatic carbocycles. The molecule has 2 aromatic rings. The van der Waals surface area contributed by atoms with E-state index in [0.29, 0.717) is 0 Å². The Morgan fingerprint density at radius 2 is 2.33 bits per heavy atom. The van der Waals surface area contributed by atoms with E-state index in [1.54, 1.807) is 0 Å². The average molecular weight is 263 g/mol. The molecule has 96 valence electrons. The molecule has 0 aliphatic carbocycles. The smallest absolute Gasteiger partial charge is 0.0661 e.